The van der Waals surface area contributed by atoms with Crippen LogP contribution in [0.4, 0.5) is 5.69 Å². The van der Waals surface area contributed by atoms with Gasteiger partial charge in [-0.25, -0.2) is 0 Å². The summed E-state index contributed by atoms with van der Waals surface area (Å²) in [4.78, 5) is 14.2. The standard InChI is InChI=1S/C14H19N3O3.2ClH/c18-14(3-6-17-7-4-15-5-8-17)16-11-1-2-12-13(9-11)20-10-19-12;;/h1-2,9,15H,3-8,10H2,(H,16,18);2*1H. The minimum absolute atomic E-state index is 0. The third-order valence-electron chi connectivity index (χ3n) is 3.52. The summed E-state index contributed by atoms with van der Waals surface area (Å²) < 4.78 is 10.5. The van der Waals surface area contributed by atoms with Gasteiger partial charge < -0.3 is 25.0 Å². The monoisotopic (exact) mass is 349 g/mol. The fourth-order valence-corrected chi connectivity index (χ4v) is 2.39. The van der Waals surface area contributed by atoms with Crippen molar-refractivity contribution in [1.29, 1.82) is 0 Å². The summed E-state index contributed by atoms with van der Waals surface area (Å²) in [5.74, 6) is 1.44. The molecular formula is C14H21Cl2N3O3. The van der Waals surface area contributed by atoms with E-state index in [0.717, 1.165) is 44.2 Å². The van der Waals surface area contributed by atoms with E-state index in [9.17, 15) is 4.79 Å². The number of fused-ring (bicyclic) bond motifs is 1. The maximum Gasteiger partial charge on any atom is 0.231 e. The van der Waals surface area contributed by atoms with E-state index >= 15 is 0 Å². The molecule has 124 valence electrons. The normalized spacial score (nSPS) is 16.4. The van der Waals surface area contributed by atoms with Crippen LogP contribution in [0.5, 0.6) is 11.5 Å². The molecule has 8 heteroatoms. The third kappa shape index (κ3) is 4.91. The van der Waals surface area contributed by atoms with Gasteiger partial charge in [-0.3, -0.25) is 4.79 Å². The van der Waals surface area contributed by atoms with Gasteiger partial charge in [0.1, 0.15) is 0 Å². The molecule has 0 atom stereocenters. The minimum atomic E-state index is 0. The number of rotatable bonds is 4. The van der Waals surface area contributed by atoms with Crippen molar-refractivity contribution in [3.8, 4) is 11.5 Å². The number of ether oxygens (including phenoxy) is 2. The Hall–Kier alpha value is -1.21. The summed E-state index contributed by atoms with van der Waals surface area (Å²) in [6, 6.07) is 5.44. The Morgan fingerprint density at radius 3 is 2.68 bits per heavy atom. The molecule has 0 bridgehead atoms. The molecule has 1 fully saturated rings. The number of hydrogen-bond donors (Lipinski definition) is 2. The summed E-state index contributed by atoms with van der Waals surface area (Å²) >= 11 is 0. The number of benzene rings is 1. The molecule has 1 aromatic rings. The van der Waals surface area contributed by atoms with E-state index in [2.05, 4.69) is 15.5 Å². The lowest BCUT2D eigenvalue weighted by atomic mass is 10.2. The van der Waals surface area contributed by atoms with Crippen LogP contribution in [-0.2, 0) is 4.79 Å². The van der Waals surface area contributed by atoms with Crippen LogP contribution in [-0.4, -0.2) is 50.3 Å². The van der Waals surface area contributed by atoms with Gasteiger partial charge in [0.25, 0.3) is 0 Å². The summed E-state index contributed by atoms with van der Waals surface area (Å²) in [7, 11) is 0. The lowest BCUT2D eigenvalue weighted by molar-refractivity contribution is -0.116. The number of carbonyl (C=O) groups is 1. The molecule has 1 amide bonds. The number of nitrogens with zero attached hydrogens (tertiary/aromatic N) is 1. The van der Waals surface area contributed by atoms with Gasteiger partial charge in [0.2, 0.25) is 12.7 Å². The van der Waals surface area contributed by atoms with Crippen molar-refractivity contribution >= 4 is 36.4 Å². The number of amides is 1. The molecule has 6 nitrogen and oxygen atoms in total. The summed E-state index contributed by atoms with van der Waals surface area (Å²) in [6.07, 6.45) is 0.508. The van der Waals surface area contributed by atoms with Gasteiger partial charge in [-0.2, -0.15) is 0 Å². The number of halogens is 2. The van der Waals surface area contributed by atoms with E-state index in [1.165, 1.54) is 0 Å². The Kier molecular flexibility index (Phi) is 7.75. The summed E-state index contributed by atoms with van der Waals surface area (Å²) in [6.45, 7) is 5.08. The Labute approximate surface area is 142 Å². The first-order chi connectivity index (χ1) is 9.81. The Morgan fingerprint density at radius 2 is 1.91 bits per heavy atom. The molecular weight excluding hydrogens is 329 g/mol. The molecule has 0 saturated carbocycles. The van der Waals surface area contributed by atoms with Crippen LogP contribution in [0.2, 0.25) is 0 Å². The van der Waals surface area contributed by atoms with Crippen LogP contribution >= 0.6 is 24.8 Å². The van der Waals surface area contributed by atoms with Crippen LogP contribution in [0.25, 0.3) is 0 Å². The smallest absolute Gasteiger partial charge is 0.231 e. The van der Waals surface area contributed by atoms with E-state index in [-0.39, 0.29) is 37.5 Å². The molecule has 2 heterocycles. The van der Waals surface area contributed by atoms with Gasteiger partial charge in [0.15, 0.2) is 11.5 Å². The van der Waals surface area contributed by atoms with Crippen LogP contribution < -0.4 is 20.1 Å². The molecule has 0 spiro atoms. The van der Waals surface area contributed by atoms with Crippen LogP contribution in [0.1, 0.15) is 6.42 Å². The predicted molar refractivity (Wildman–Crippen MR) is 89.6 cm³/mol. The van der Waals surface area contributed by atoms with Crippen LogP contribution in [0.3, 0.4) is 0 Å². The van der Waals surface area contributed by atoms with Crippen molar-refractivity contribution in [2.24, 2.45) is 0 Å². The second kappa shape index (κ2) is 9.05. The molecule has 2 aliphatic heterocycles. The number of nitrogens with one attached hydrogen (secondary N) is 2. The lowest BCUT2D eigenvalue weighted by Gasteiger charge is -2.26. The lowest BCUT2D eigenvalue weighted by Crippen LogP contribution is -2.44. The average Bonchev–Trinajstić information content (AvgIpc) is 2.94. The molecule has 1 saturated heterocycles. The minimum Gasteiger partial charge on any atom is -0.454 e. The van der Waals surface area contributed by atoms with Gasteiger partial charge >= 0.3 is 0 Å². The molecule has 0 aromatic heterocycles. The number of piperazine rings is 1. The Bertz CT molecular complexity index is 496. The number of carbonyl (C=O) groups excluding carboxylic acids is 1. The second-order valence-electron chi connectivity index (χ2n) is 4.96. The zero-order valence-corrected chi connectivity index (χ0v) is 13.8. The van der Waals surface area contributed by atoms with Gasteiger partial charge in [-0.1, -0.05) is 0 Å². The van der Waals surface area contributed by atoms with E-state index in [0.29, 0.717) is 12.2 Å². The van der Waals surface area contributed by atoms with Gasteiger partial charge in [-0.15, -0.1) is 24.8 Å². The highest BCUT2D eigenvalue weighted by atomic mass is 35.5. The van der Waals surface area contributed by atoms with E-state index in [1.807, 2.05) is 12.1 Å². The Morgan fingerprint density at radius 1 is 1.18 bits per heavy atom. The van der Waals surface area contributed by atoms with E-state index in [1.54, 1.807) is 6.07 Å². The second-order valence-corrected chi connectivity index (χ2v) is 4.96. The molecule has 2 aliphatic rings. The predicted octanol–water partition coefficient (Wildman–Crippen LogP) is 1.49. The number of hydrogen-bond acceptors (Lipinski definition) is 5. The first-order valence-electron chi connectivity index (χ1n) is 6.94. The zero-order valence-electron chi connectivity index (χ0n) is 12.2. The maximum atomic E-state index is 11.9. The molecule has 0 radical (unpaired) electrons. The van der Waals surface area contributed by atoms with Crippen molar-refractivity contribution < 1.29 is 14.3 Å². The van der Waals surface area contributed by atoms with E-state index < -0.39 is 0 Å². The molecule has 0 aliphatic carbocycles. The summed E-state index contributed by atoms with van der Waals surface area (Å²) in [5.41, 5.74) is 0.750. The molecule has 2 N–H and O–H groups in total. The van der Waals surface area contributed by atoms with Gasteiger partial charge in [0, 0.05) is 50.9 Å². The zero-order chi connectivity index (χ0) is 13.8. The Balaban J connectivity index is 0.00000121. The van der Waals surface area contributed by atoms with Crippen molar-refractivity contribution in [1.82, 2.24) is 10.2 Å². The molecule has 3 rings (SSSR count). The largest absolute Gasteiger partial charge is 0.454 e. The highest BCUT2D eigenvalue weighted by Crippen LogP contribution is 2.34. The summed E-state index contributed by atoms with van der Waals surface area (Å²) in [5, 5.41) is 6.19. The first-order valence-corrected chi connectivity index (χ1v) is 6.94. The van der Waals surface area contributed by atoms with Crippen molar-refractivity contribution in [2.45, 2.75) is 6.42 Å². The third-order valence-corrected chi connectivity index (χ3v) is 3.52. The van der Waals surface area contributed by atoms with Gasteiger partial charge in [-0.05, 0) is 12.1 Å². The van der Waals surface area contributed by atoms with Crippen molar-refractivity contribution in [2.75, 3.05) is 44.8 Å². The van der Waals surface area contributed by atoms with Crippen molar-refractivity contribution in [3.05, 3.63) is 18.2 Å². The molecule has 22 heavy (non-hydrogen) atoms. The average molecular weight is 350 g/mol. The maximum absolute atomic E-state index is 11.9. The fraction of sp³-hybridized carbons (Fsp3) is 0.500. The first kappa shape index (κ1) is 18.8. The van der Waals surface area contributed by atoms with Crippen LogP contribution in [0, 0.1) is 0 Å². The van der Waals surface area contributed by atoms with Crippen LogP contribution in [0.15, 0.2) is 18.2 Å². The molecule has 1 aromatic carbocycles. The SMILES string of the molecule is Cl.Cl.O=C(CCN1CCNCC1)Nc1ccc2c(c1)OCO2. The fourth-order valence-electron chi connectivity index (χ4n) is 2.39. The van der Waals surface area contributed by atoms with Crippen molar-refractivity contribution in [3.63, 3.8) is 0 Å². The highest BCUT2D eigenvalue weighted by molar-refractivity contribution is 5.91. The topological polar surface area (TPSA) is 62.8 Å². The quantitative estimate of drug-likeness (QED) is 0.862. The number of anilines is 1. The molecule has 0 unspecified atom stereocenters. The highest BCUT2D eigenvalue weighted by Gasteiger charge is 2.15. The van der Waals surface area contributed by atoms with Gasteiger partial charge in [0.05, 0.1) is 0 Å². The van der Waals surface area contributed by atoms with E-state index in [4.69, 9.17) is 9.47 Å².